The number of nitrogens with one attached hydrogen (secondary N) is 1. The molecule has 0 saturated carbocycles. The Labute approximate surface area is 176 Å². The number of amides is 2. The maximum absolute atomic E-state index is 12.3. The van der Waals surface area contributed by atoms with Crippen LogP contribution in [0.25, 0.3) is 11.1 Å². The molecule has 0 bridgehead atoms. The first-order chi connectivity index (χ1) is 14.3. The van der Waals surface area contributed by atoms with Crippen molar-refractivity contribution in [1.82, 2.24) is 10.2 Å². The lowest BCUT2D eigenvalue weighted by molar-refractivity contribution is 0.0169. The van der Waals surface area contributed by atoms with E-state index in [9.17, 15) is 23.6 Å². The summed E-state index contributed by atoms with van der Waals surface area (Å²) in [6.07, 6.45) is 1.96. The van der Waals surface area contributed by atoms with Gasteiger partial charge in [-0.15, -0.1) is 0 Å². The van der Waals surface area contributed by atoms with Crippen molar-refractivity contribution < 1.29 is 18.3 Å². The number of hydrogen-bond acceptors (Lipinski definition) is 5. The van der Waals surface area contributed by atoms with E-state index in [2.05, 4.69) is 11.4 Å². The summed E-state index contributed by atoms with van der Waals surface area (Å²) in [6, 6.07) is 15.0. The van der Waals surface area contributed by atoms with Crippen LogP contribution in [0.1, 0.15) is 24.8 Å². The number of likely N-dealkylation sites (tertiary alicyclic amines) is 1. The fourth-order valence-electron chi connectivity index (χ4n) is 3.80. The van der Waals surface area contributed by atoms with Crippen LogP contribution in [0.2, 0.25) is 0 Å². The number of aliphatic hydroxyl groups is 1. The number of nitriles is 1. The average molecular weight is 428 g/mol. The molecule has 30 heavy (non-hydrogen) atoms. The van der Waals surface area contributed by atoms with Gasteiger partial charge in [-0.3, -0.25) is 0 Å². The van der Waals surface area contributed by atoms with Crippen molar-refractivity contribution in [2.45, 2.75) is 36.2 Å². The molecule has 0 aliphatic carbocycles. The second kappa shape index (κ2) is 8.86. The number of nitrogens with zero attached hydrogens (tertiary/aromatic N) is 2. The third-order valence-electron chi connectivity index (χ3n) is 5.40. The van der Waals surface area contributed by atoms with Gasteiger partial charge in [-0.1, -0.05) is 43.3 Å². The van der Waals surface area contributed by atoms with Crippen LogP contribution in [-0.4, -0.2) is 55.9 Å². The summed E-state index contributed by atoms with van der Waals surface area (Å²) in [5, 5.41) is 22.2. The Balaban J connectivity index is 1.80. The molecule has 1 aliphatic rings. The maximum atomic E-state index is 12.3. The zero-order valence-corrected chi connectivity index (χ0v) is 17.8. The molecule has 2 aromatic carbocycles. The molecule has 3 atom stereocenters. The van der Waals surface area contributed by atoms with Crippen molar-refractivity contribution in [2.75, 3.05) is 19.4 Å². The molecule has 8 heteroatoms. The second-order valence-corrected chi connectivity index (χ2v) is 9.42. The number of benzene rings is 2. The molecule has 158 valence electrons. The Morgan fingerprint density at radius 3 is 2.17 bits per heavy atom. The predicted molar refractivity (Wildman–Crippen MR) is 114 cm³/mol. The van der Waals surface area contributed by atoms with E-state index >= 15 is 0 Å². The minimum atomic E-state index is -3.24. The molecule has 0 unspecified atom stereocenters. The Hall–Kier alpha value is -2.89. The van der Waals surface area contributed by atoms with Crippen LogP contribution in [0.15, 0.2) is 53.4 Å². The van der Waals surface area contributed by atoms with Crippen molar-refractivity contribution in [3.63, 3.8) is 0 Å². The van der Waals surface area contributed by atoms with E-state index in [1.54, 1.807) is 24.3 Å². The smallest absolute Gasteiger partial charge is 0.318 e. The number of sulfone groups is 1. The molecular formula is C22H25N3O4S. The van der Waals surface area contributed by atoms with Crippen molar-refractivity contribution in [3.8, 4) is 17.2 Å². The third kappa shape index (κ3) is 4.18. The van der Waals surface area contributed by atoms with Gasteiger partial charge in [0.15, 0.2) is 9.84 Å². The fraction of sp³-hybridized carbons (Fsp3) is 0.364. The number of carbonyl (C=O) groups is 1. The highest BCUT2D eigenvalue weighted by molar-refractivity contribution is 7.90. The van der Waals surface area contributed by atoms with Gasteiger partial charge in [-0.25, -0.2) is 13.2 Å². The number of rotatable bonds is 6. The zero-order chi connectivity index (χ0) is 21.9. The standard InChI is InChI=1S/C22H25N3O4S/c1-3-12-24-22(27)25-19(13-23)21(20(25)14-26)17-6-4-15(5-7-17)16-8-10-18(11-9-16)30(2,28)29/h4-11,19-21,26H,3,12,14H2,1-2H3,(H,24,27)/t19-,20-,21+/m1/s1. The van der Waals surface area contributed by atoms with Gasteiger partial charge in [0.1, 0.15) is 6.04 Å². The summed E-state index contributed by atoms with van der Waals surface area (Å²) in [6.45, 7) is 2.24. The van der Waals surface area contributed by atoms with E-state index in [1.165, 1.54) is 11.2 Å². The first kappa shape index (κ1) is 21.8. The molecule has 2 amide bonds. The molecule has 1 aliphatic heterocycles. The highest BCUT2D eigenvalue weighted by Gasteiger charge is 2.51. The van der Waals surface area contributed by atoms with Crippen molar-refractivity contribution in [1.29, 1.82) is 5.26 Å². The summed E-state index contributed by atoms with van der Waals surface area (Å²) in [4.78, 5) is 14.0. The van der Waals surface area contributed by atoms with E-state index in [1.807, 2.05) is 31.2 Å². The van der Waals surface area contributed by atoms with E-state index in [-0.39, 0.29) is 23.5 Å². The van der Waals surface area contributed by atoms with Gasteiger partial charge in [0, 0.05) is 18.7 Å². The largest absolute Gasteiger partial charge is 0.394 e. The molecule has 0 aromatic heterocycles. The van der Waals surface area contributed by atoms with Crippen molar-refractivity contribution in [3.05, 3.63) is 54.1 Å². The van der Waals surface area contributed by atoms with Crippen LogP contribution in [0.3, 0.4) is 0 Å². The van der Waals surface area contributed by atoms with Crippen LogP contribution in [0, 0.1) is 11.3 Å². The SMILES string of the molecule is CCCNC(=O)N1[C@H](C#N)[C@H](c2ccc(-c3ccc(S(C)(=O)=O)cc3)cc2)[C@H]1CO. The minimum Gasteiger partial charge on any atom is -0.394 e. The normalized spacial score (nSPS) is 20.9. The average Bonchev–Trinajstić information content (AvgIpc) is 2.72. The highest BCUT2D eigenvalue weighted by Crippen LogP contribution is 2.40. The van der Waals surface area contributed by atoms with E-state index in [0.29, 0.717) is 6.54 Å². The topological polar surface area (TPSA) is 111 Å². The highest BCUT2D eigenvalue weighted by atomic mass is 32.2. The molecule has 1 fully saturated rings. The number of aliphatic hydroxyl groups excluding tert-OH is 1. The lowest BCUT2D eigenvalue weighted by atomic mass is 9.76. The van der Waals surface area contributed by atoms with Crippen LogP contribution in [0.4, 0.5) is 4.79 Å². The van der Waals surface area contributed by atoms with Crippen LogP contribution in [-0.2, 0) is 9.84 Å². The number of urea groups is 1. The van der Waals surface area contributed by atoms with Gasteiger partial charge < -0.3 is 15.3 Å². The van der Waals surface area contributed by atoms with Gasteiger partial charge >= 0.3 is 6.03 Å². The Kier molecular flexibility index (Phi) is 6.44. The Morgan fingerprint density at radius 2 is 1.70 bits per heavy atom. The Morgan fingerprint density at radius 1 is 1.13 bits per heavy atom. The fourth-order valence-corrected chi connectivity index (χ4v) is 4.43. The minimum absolute atomic E-state index is 0.225. The molecule has 2 aromatic rings. The summed E-state index contributed by atoms with van der Waals surface area (Å²) in [7, 11) is -3.24. The molecule has 3 rings (SSSR count). The third-order valence-corrected chi connectivity index (χ3v) is 6.53. The predicted octanol–water partition coefficient (Wildman–Crippen LogP) is 2.53. The molecule has 0 radical (unpaired) electrons. The first-order valence-electron chi connectivity index (χ1n) is 9.79. The Bertz CT molecular complexity index is 1040. The monoisotopic (exact) mass is 427 g/mol. The van der Waals surface area contributed by atoms with Crippen LogP contribution >= 0.6 is 0 Å². The zero-order valence-electron chi connectivity index (χ0n) is 16.9. The lowest BCUT2D eigenvalue weighted by Gasteiger charge is -2.51. The summed E-state index contributed by atoms with van der Waals surface area (Å²) in [5.74, 6) is -0.269. The molecular weight excluding hydrogens is 402 g/mol. The van der Waals surface area contributed by atoms with Crippen LogP contribution < -0.4 is 5.32 Å². The van der Waals surface area contributed by atoms with Gasteiger partial charge in [0.25, 0.3) is 0 Å². The number of hydrogen-bond donors (Lipinski definition) is 2. The van der Waals surface area contributed by atoms with Crippen molar-refractivity contribution >= 4 is 15.9 Å². The summed E-state index contributed by atoms with van der Waals surface area (Å²) in [5.41, 5.74) is 2.65. The van der Waals surface area contributed by atoms with Crippen molar-refractivity contribution in [2.24, 2.45) is 0 Å². The van der Waals surface area contributed by atoms with E-state index < -0.39 is 21.9 Å². The first-order valence-corrected chi connectivity index (χ1v) is 11.7. The van der Waals surface area contributed by atoms with Gasteiger partial charge in [-0.2, -0.15) is 5.26 Å². The summed E-state index contributed by atoms with van der Waals surface area (Å²) >= 11 is 0. The van der Waals surface area contributed by atoms with Gasteiger partial charge in [0.05, 0.1) is 23.6 Å². The van der Waals surface area contributed by atoms with E-state index in [0.717, 1.165) is 23.1 Å². The molecule has 7 nitrogen and oxygen atoms in total. The van der Waals surface area contributed by atoms with Gasteiger partial charge in [-0.05, 0) is 35.2 Å². The molecule has 2 N–H and O–H groups in total. The maximum Gasteiger partial charge on any atom is 0.318 e. The second-order valence-electron chi connectivity index (χ2n) is 7.41. The lowest BCUT2D eigenvalue weighted by Crippen LogP contribution is -2.67. The van der Waals surface area contributed by atoms with E-state index in [4.69, 9.17) is 0 Å². The summed E-state index contributed by atoms with van der Waals surface area (Å²) < 4.78 is 23.2. The number of carbonyl (C=O) groups excluding carboxylic acids is 1. The molecule has 1 saturated heterocycles. The molecule has 0 spiro atoms. The molecule has 1 heterocycles. The quantitative estimate of drug-likeness (QED) is 0.736. The van der Waals surface area contributed by atoms with Gasteiger partial charge in [0.2, 0.25) is 0 Å². The van der Waals surface area contributed by atoms with Crippen LogP contribution in [0.5, 0.6) is 0 Å².